The van der Waals surface area contributed by atoms with Crippen LogP contribution in [0.1, 0.15) is 55.0 Å². The summed E-state index contributed by atoms with van der Waals surface area (Å²) in [4.78, 5) is 10.7. The van der Waals surface area contributed by atoms with E-state index in [9.17, 15) is 0 Å². The lowest BCUT2D eigenvalue weighted by Crippen LogP contribution is -2.08. The van der Waals surface area contributed by atoms with Crippen molar-refractivity contribution >= 4 is 22.4 Å². The van der Waals surface area contributed by atoms with Crippen LogP contribution >= 0.6 is 11.3 Å². The highest BCUT2D eigenvalue weighted by molar-refractivity contribution is 7.09. The van der Waals surface area contributed by atoms with Gasteiger partial charge in [-0.1, -0.05) is 25.8 Å². The van der Waals surface area contributed by atoms with Gasteiger partial charge in [-0.2, -0.15) is 5.10 Å². The molecule has 0 saturated heterocycles. The van der Waals surface area contributed by atoms with E-state index in [1.807, 2.05) is 6.20 Å². The molecule has 22 heavy (non-hydrogen) atoms. The molecule has 114 valence electrons. The summed E-state index contributed by atoms with van der Waals surface area (Å²) in [7, 11) is 0. The van der Waals surface area contributed by atoms with Crippen LogP contribution in [0.15, 0.2) is 23.7 Å². The fraction of sp³-hybridized carbons (Fsp3) is 0.471. The molecule has 0 bridgehead atoms. The predicted octanol–water partition coefficient (Wildman–Crippen LogP) is 4.16. The molecule has 3 aromatic heterocycles. The molecule has 1 saturated carbocycles. The van der Waals surface area contributed by atoms with Crippen molar-refractivity contribution in [3.05, 3.63) is 40.1 Å². The first-order chi connectivity index (χ1) is 10.8. The molecule has 5 heteroatoms. The summed E-state index contributed by atoms with van der Waals surface area (Å²) in [6, 6.07) is 4.74. The number of rotatable bonds is 4. The van der Waals surface area contributed by atoms with Crippen LogP contribution in [-0.2, 0) is 12.8 Å². The van der Waals surface area contributed by atoms with Crippen LogP contribution in [0, 0.1) is 0 Å². The molecule has 3 aromatic rings. The number of fused-ring (bicyclic) bond motifs is 1. The highest BCUT2D eigenvalue weighted by Crippen LogP contribution is 2.32. The Morgan fingerprint density at radius 3 is 2.91 bits per heavy atom. The molecule has 4 nitrogen and oxygen atoms in total. The van der Waals surface area contributed by atoms with Crippen molar-refractivity contribution in [2.45, 2.75) is 51.5 Å². The van der Waals surface area contributed by atoms with E-state index in [1.165, 1.54) is 30.6 Å². The highest BCUT2D eigenvalue weighted by Gasteiger charge is 2.22. The van der Waals surface area contributed by atoms with Crippen LogP contribution in [-0.4, -0.2) is 19.7 Å². The summed E-state index contributed by atoms with van der Waals surface area (Å²) >= 11 is 1.76. The summed E-state index contributed by atoms with van der Waals surface area (Å²) in [5.74, 6) is 0.900. The summed E-state index contributed by atoms with van der Waals surface area (Å²) in [6.07, 6.45) is 8.78. The second kappa shape index (κ2) is 5.80. The molecule has 3 heterocycles. The largest absolute Gasteiger partial charge is 0.244 e. The molecule has 1 aliphatic rings. The van der Waals surface area contributed by atoms with Gasteiger partial charge >= 0.3 is 0 Å². The fourth-order valence-corrected chi connectivity index (χ4v) is 4.04. The third kappa shape index (κ3) is 2.43. The lowest BCUT2D eigenvalue weighted by atomic mass is 10.2. The molecular formula is C17H20N4S. The van der Waals surface area contributed by atoms with Crippen molar-refractivity contribution in [2.24, 2.45) is 0 Å². The number of hydrogen-bond acceptors (Lipinski definition) is 4. The topological polar surface area (TPSA) is 43.6 Å². The molecule has 0 radical (unpaired) electrons. The zero-order chi connectivity index (χ0) is 14.9. The maximum Gasteiger partial charge on any atom is 0.162 e. The fourth-order valence-electron chi connectivity index (χ4n) is 3.34. The van der Waals surface area contributed by atoms with E-state index >= 15 is 0 Å². The van der Waals surface area contributed by atoms with Crippen LogP contribution < -0.4 is 0 Å². The quantitative estimate of drug-likeness (QED) is 0.726. The van der Waals surface area contributed by atoms with E-state index < -0.39 is 0 Å². The van der Waals surface area contributed by atoms with E-state index in [-0.39, 0.29) is 0 Å². The van der Waals surface area contributed by atoms with E-state index in [0.717, 1.165) is 35.4 Å². The Morgan fingerprint density at radius 1 is 1.32 bits per heavy atom. The van der Waals surface area contributed by atoms with Gasteiger partial charge in [-0.15, -0.1) is 11.3 Å². The van der Waals surface area contributed by atoms with Crippen LogP contribution in [0.25, 0.3) is 11.0 Å². The Kier molecular flexibility index (Phi) is 3.66. The minimum Gasteiger partial charge on any atom is -0.244 e. The summed E-state index contributed by atoms with van der Waals surface area (Å²) < 4.78 is 2.18. The normalized spacial score (nSPS) is 15.9. The first kappa shape index (κ1) is 13.9. The molecule has 4 rings (SSSR count). The van der Waals surface area contributed by atoms with Gasteiger partial charge in [0.15, 0.2) is 5.65 Å². The highest BCUT2D eigenvalue weighted by atomic mass is 32.1. The van der Waals surface area contributed by atoms with Crippen LogP contribution in [0.4, 0.5) is 0 Å². The standard InChI is InChI=1S/C17H20N4S/c1-2-15-14-11-18-16(10-13-8-5-9-22-13)19-17(14)21(20-15)12-6-3-4-7-12/h5,8-9,11-12H,2-4,6-7,10H2,1H3. The van der Waals surface area contributed by atoms with Crippen molar-refractivity contribution in [3.63, 3.8) is 0 Å². The van der Waals surface area contributed by atoms with Gasteiger partial charge in [0.05, 0.1) is 17.1 Å². The third-order valence-corrected chi connectivity index (χ3v) is 5.37. The molecule has 0 aliphatic heterocycles. The summed E-state index contributed by atoms with van der Waals surface area (Å²) in [6.45, 7) is 2.15. The minimum atomic E-state index is 0.521. The number of hydrogen-bond donors (Lipinski definition) is 0. The maximum atomic E-state index is 4.86. The van der Waals surface area contributed by atoms with Gasteiger partial charge in [-0.25, -0.2) is 14.6 Å². The molecule has 0 spiro atoms. The second-order valence-corrected chi connectivity index (χ2v) is 6.99. The molecule has 0 aromatic carbocycles. The minimum absolute atomic E-state index is 0.521. The molecule has 0 unspecified atom stereocenters. The molecule has 1 aliphatic carbocycles. The van der Waals surface area contributed by atoms with Gasteiger partial charge in [-0.05, 0) is 30.7 Å². The van der Waals surface area contributed by atoms with Crippen LogP contribution in [0.3, 0.4) is 0 Å². The van der Waals surface area contributed by atoms with Gasteiger partial charge < -0.3 is 0 Å². The monoisotopic (exact) mass is 312 g/mol. The Morgan fingerprint density at radius 2 is 2.18 bits per heavy atom. The van der Waals surface area contributed by atoms with Crippen molar-refractivity contribution in [2.75, 3.05) is 0 Å². The molecule has 0 amide bonds. The average molecular weight is 312 g/mol. The van der Waals surface area contributed by atoms with Gasteiger partial charge in [-0.3, -0.25) is 0 Å². The predicted molar refractivity (Wildman–Crippen MR) is 89.3 cm³/mol. The average Bonchev–Trinajstić information content (AvgIpc) is 3.27. The zero-order valence-electron chi connectivity index (χ0n) is 12.8. The summed E-state index contributed by atoms with van der Waals surface area (Å²) in [5, 5.41) is 8.08. The number of thiophene rings is 1. The van der Waals surface area contributed by atoms with Crippen molar-refractivity contribution in [1.29, 1.82) is 0 Å². The Bertz CT molecular complexity index is 769. The lowest BCUT2D eigenvalue weighted by Gasteiger charge is -2.10. The van der Waals surface area contributed by atoms with Gasteiger partial charge in [0, 0.05) is 17.5 Å². The number of aryl methyl sites for hydroxylation is 1. The number of aromatic nitrogens is 4. The van der Waals surface area contributed by atoms with E-state index in [1.54, 1.807) is 11.3 Å². The van der Waals surface area contributed by atoms with Crippen molar-refractivity contribution < 1.29 is 0 Å². The van der Waals surface area contributed by atoms with E-state index in [0.29, 0.717) is 6.04 Å². The van der Waals surface area contributed by atoms with Crippen molar-refractivity contribution in [1.82, 2.24) is 19.7 Å². The molecular weight excluding hydrogens is 292 g/mol. The van der Waals surface area contributed by atoms with Crippen molar-refractivity contribution in [3.8, 4) is 0 Å². The van der Waals surface area contributed by atoms with Gasteiger partial charge in [0.2, 0.25) is 0 Å². The number of nitrogens with zero attached hydrogens (tertiary/aromatic N) is 4. The molecule has 0 atom stereocenters. The molecule has 1 fully saturated rings. The first-order valence-corrected chi connectivity index (χ1v) is 8.98. The Labute approximate surface area is 134 Å². The lowest BCUT2D eigenvalue weighted by molar-refractivity contribution is 0.474. The third-order valence-electron chi connectivity index (χ3n) is 4.49. The van der Waals surface area contributed by atoms with Gasteiger partial charge in [0.25, 0.3) is 0 Å². The first-order valence-electron chi connectivity index (χ1n) is 8.10. The van der Waals surface area contributed by atoms with E-state index in [4.69, 9.17) is 10.1 Å². The Balaban J connectivity index is 1.77. The van der Waals surface area contributed by atoms with E-state index in [2.05, 4.69) is 34.1 Å². The SMILES string of the molecule is CCc1nn(C2CCCC2)c2nc(Cc3cccs3)ncc12. The Hall–Kier alpha value is -1.75. The zero-order valence-corrected chi connectivity index (χ0v) is 13.6. The maximum absolute atomic E-state index is 4.86. The second-order valence-electron chi connectivity index (χ2n) is 5.96. The van der Waals surface area contributed by atoms with Gasteiger partial charge in [0.1, 0.15) is 5.82 Å². The smallest absolute Gasteiger partial charge is 0.162 e. The van der Waals surface area contributed by atoms with Crippen LogP contribution in [0.2, 0.25) is 0 Å². The molecule has 0 N–H and O–H groups in total. The summed E-state index contributed by atoms with van der Waals surface area (Å²) in [5.41, 5.74) is 2.16. The van der Waals surface area contributed by atoms with Crippen LogP contribution in [0.5, 0.6) is 0 Å².